The topological polar surface area (TPSA) is 29.1 Å². The minimum absolute atomic E-state index is 0.129. The molecule has 0 unspecified atom stereocenters. The molecule has 0 spiro atoms. The maximum atomic E-state index is 11.8. The van der Waals surface area contributed by atoms with E-state index in [-0.39, 0.29) is 5.91 Å². The highest BCUT2D eigenvalue weighted by molar-refractivity contribution is 7.98. The maximum absolute atomic E-state index is 11.8. The smallest absolute Gasteiger partial charge is 0.261 e. The lowest BCUT2D eigenvalue weighted by molar-refractivity contribution is 0.0984. The van der Waals surface area contributed by atoms with Gasteiger partial charge in [0.2, 0.25) is 0 Å². The molecule has 2 nitrogen and oxygen atoms in total. The number of carbonyl (C=O) groups excluding carboxylic acids is 1. The summed E-state index contributed by atoms with van der Waals surface area (Å²) in [6.45, 7) is 0. The van der Waals surface area contributed by atoms with E-state index in [1.54, 1.807) is 18.2 Å². The summed E-state index contributed by atoms with van der Waals surface area (Å²) in [5.41, 5.74) is 0.632. The number of carbonyl (C=O) groups is 1. The first kappa shape index (κ1) is 12.0. The Hall–Kier alpha value is -1.45. The van der Waals surface area contributed by atoms with E-state index in [1.165, 1.54) is 11.9 Å². The number of hydrogen-bond acceptors (Lipinski definition) is 2. The van der Waals surface area contributed by atoms with Crippen molar-refractivity contribution in [2.75, 3.05) is 0 Å². The summed E-state index contributed by atoms with van der Waals surface area (Å²) >= 11 is 7.20. The molecule has 0 aliphatic rings. The van der Waals surface area contributed by atoms with Crippen molar-refractivity contribution in [1.29, 1.82) is 0 Å². The molecule has 0 bridgehead atoms. The average molecular weight is 264 g/mol. The van der Waals surface area contributed by atoms with Gasteiger partial charge in [-0.2, -0.15) is 0 Å². The molecular formula is C13H10ClNOS. The van der Waals surface area contributed by atoms with E-state index in [0.717, 1.165) is 4.90 Å². The molecule has 0 heterocycles. The van der Waals surface area contributed by atoms with Crippen LogP contribution in [-0.4, -0.2) is 5.91 Å². The van der Waals surface area contributed by atoms with Gasteiger partial charge in [-0.15, -0.1) is 0 Å². The van der Waals surface area contributed by atoms with Gasteiger partial charge in [0.1, 0.15) is 0 Å². The van der Waals surface area contributed by atoms with Crippen molar-refractivity contribution in [2.24, 2.45) is 0 Å². The van der Waals surface area contributed by atoms with Gasteiger partial charge >= 0.3 is 0 Å². The van der Waals surface area contributed by atoms with Crippen LogP contribution in [0.3, 0.4) is 0 Å². The highest BCUT2D eigenvalue weighted by Crippen LogP contribution is 2.24. The highest BCUT2D eigenvalue weighted by Gasteiger charge is 2.06. The van der Waals surface area contributed by atoms with Gasteiger partial charge in [-0.25, -0.2) is 0 Å². The summed E-state index contributed by atoms with van der Waals surface area (Å²) in [6.07, 6.45) is 0. The monoisotopic (exact) mass is 263 g/mol. The van der Waals surface area contributed by atoms with Gasteiger partial charge in [-0.3, -0.25) is 9.52 Å². The molecule has 1 N–H and O–H groups in total. The maximum Gasteiger partial charge on any atom is 0.261 e. The third kappa shape index (κ3) is 3.25. The molecule has 0 aromatic heterocycles. The second-order valence-corrected chi connectivity index (χ2v) is 4.58. The van der Waals surface area contributed by atoms with Crippen LogP contribution in [0.1, 0.15) is 10.4 Å². The highest BCUT2D eigenvalue weighted by atomic mass is 35.5. The molecule has 86 valence electrons. The van der Waals surface area contributed by atoms with Gasteiger partial charge in [-0.05, 0) is 36.2 Å². The van der Waals surface area contributed by atoms with Crippen molar-refractivity contribution < 1.29 is 4.79 Å². The summed E-state index contributed by atoms with van der Waals surface area (Å²) in [4.78, 5) is 12.6. The van der Waals surface area contributed by atoms with Crippen molar-refractivity contribution in [2.45, 2.75) is 4.90 Å². The fraction of sp³-hybridized carbons (Fsp3) is 0. The van der Waals surface area contributed by atoms with Crippen LogP contribution in [0.2, 0.25) is 5.02 Å². The molecule has 2 rings (SSSR count). The van der Waals surface area contributed by atoms with E-state index < -0.39 is 0 Å². The average Bonchev–Trinajstić information content (AvgIpc) is 2.38. The SMILES string of the molecule is O=C(NSc1ccccc1Cl)c1ccccc1. The predicted molar refractivity (Wildman–Crippen MR) is 71.2 cm³/mol. The second kappa shape index (κ2) is 5.75. The molecule has 4 heteroatoms. The van der Waals surface area contributed by atoms with Crippen LogP contribution >= 0.6 is 23.5 Å². The van der Waals surface area contributed by atoms with Crippen molar-refractivity contribution in [3.05, 3.63) is 65.2 Å². The number of halogens is 1. The van der Waals surface area contributed by atoms with E-state index in [1.807, 2.05) is 36.4 Å². The lowest BCUT2D eigenvalue weighted by Crippen LogP contribution is -2.15. The molecular weight excluding hydrogens is 254 g/mol. The fourth-order valence-corrected chi connectivity index (χ4v) is 2.16. The molecule has 0 radical (unpaired) electrons. The van der Waals surface area contributed by atoms with Crippen LogP contribution in [-0.2, 0) is 0 Å². The first-order valence-electron chi connectivity index (χ1n) is 5.04. The van der Waals surface area contributed by atoms with Crippen LogP contribution in [0.4, 0.5) is 0 Å². The molecule has 0 aliphatic heterocycles. The van der Waals surface area contributed by atoms with Crippen LogP contribution in [0, 0.1) is 0 Å². The number of benzene rings is 2. The normalized spacial score (nSPS) is 9.94. The Labute approximate surface area is 109 Å². The minimum Gasteiger partial charge on any atom is -0.292 e. The molecule has 0 saturated carbocycles. The van der Waals surface area contributed by atoms with E-state index in [0.29, 0.717) is 10.6 Å². The number of hydrogen-bond donors (Lipinski definition) is 1. The Balaban J connectivity index is 2.00. The zero-order chi connectivity index (χ0) is 12.1. The zero-order valence-corrected chi connectivity index (χ0v) is 10.5. The molecule has 1 amide bonds. The van der Waals surface area contributed by atoms with Crippen LogP contribution in [0.5, 0.6) is 0 Å². The third-order valence-corrected chi connectivity index (χ3v) is 3.43. The molecule has 0 atom stereocenters. The summed E-state index contributed by atoms with van der Waals surface area (Å²) < 4.78 is 2.75. The third-order valence-electron chi connectivity index (χ3n) is 2.13. The van der Waals surface area contributed by atoms with E-state index in [9.17, 15) is 4.79 Å². The van der Waals surface area contributed by atoms with Crippen molar-refractivity contribution in [3.8, 4) is 0 Å². The summed E-state index contributed by atoms with van der Waals surface area (Å²) in [5.74, 6) is -0.129. The Morgan fingerprint density at radius 3 is 2.35 bits per heavy atom. The lowest BCUT2D eigenvalue weighted by atomic mass is 10.2. The standard InChI is InChI=1S/C13H10ClNOS/c14-11-8-4-5-9-12(11)17-15-13(16)10-6-2-1-3-7-10/h1-9H,(H,15,16). The fourth-order valence-electron chi connectivity index (χ4n) is 1.28. The molecule has 17 heavy (non-hydrogen) atoms. The quantitative estimate of drug-likeness (QED) is 0.854. The van der Waals surface area contributed by atoms with Gasteiger partial charge in [0.05, 0.1) is 5.02 Å². The number of nitrogens with one attached hydrogen (secondary N) is 1. The minimum atomic E-state index is -0.129. The Morgan fingerprint density at radius 2 is 1.65 bits per heavy atom. The zero-order valence-electron chi connectivity index (χ0n) is 8.89. The first-order chi connectivity index (χ1) is 8.27. The molecule has 0 saturated heterocycles. The Bertz CT molecular complexity index is 516. The summed E-state index contributed by atoms with van der Waals surface area (Å²) in [5, 5.41) is 0.630. The van der Waals surface area contributed by atoms with Gasteiger partial charge < -0.3 is 0 Å². The number of amides is 1. The molecule has 2 aromatic carbocycles. The van der Waals surface area contributed by atoms with Crippen molar-refractivity contribution >= 4 is 29.5 Å². The summed E-state index contributed by atoms with van der Waals surface area (Å²) in [7, 11) is 0. The van der Waals surface area contributed by atoms with E-state index in [4.69, 9.17) is 11.6 Å². The molecule has 2 aromatic rings. The first-order valence-corrected chi connectivity index (χ1v) is 6.23. The van der Waals surface area contributed by atoms with Crippen LogP contribution in [0.25, 0.3) is 0 Å². The van der Waals surface area contributed by atoms with Crippen molar-refractivity contribution in [1.82, 2.24) is 4.72 Å². The van der Waals surface area contributed by atoms with E-state index >= 15 is 0 Å². The predicted octanol–water partition coefficient (Wildman–Crippen LogP) is 3.78. The second-order valence-electron chi connectivity index (χ2n) is 3.33. The van der Waals surface area contributed by atoms with Crippen LogP contribution < -0.4 is 4.72 Å². The number of rotatable bonds is 3. The van der Waals surface area contributed by atoms with Crippen molar-refractivity contribution in [3.63, 3.8) is 0 Å². The van der Waals surface area contributed by atoms with Gasteiger partial charge in [0, 0.05) is 10.5 Å². The molecule has 0 fully saturated rings. The van der Waals surface area contributed by atoms with E-state index in [2.05, 4.69) is 4.72 Å². The lowest BCUT2D eigenvalue weighted by Gasteiger charge is -2.05. The largest absolute Gasteiger partial charge is 0.292 e. The van der Waals surface area contributed by atoms with Gasteiger partial charge in [0.25, 0.3) is 5.91 Å². The Morgan fingerprint density at radius 1 is 1.00 bits per heavy atom. The van der Waals surface area contributed by atoms with Gasteiger partial charge in [-0.1, -0.05) is 41.9 Å². The van der Waals surface area contributed by atoms with Gasteiger partial charge in [0.15, 0.2) is 0 Å². The van der Waals surface area contributed by atoms with Crippen LogP contribution in [0.15, 0.2) is 59.5 Å². The molecule has 0 aliphatic carbocycles. The summed E-state index contributed by atoms with van der Waals surface area (Å²) in [6, 6.07) is 16.4. The Kier molecular flexibility index (Phi) is 4.07.